The predicted molar refractivity (Wildman–Crippen MR) is 82.2 cm³/mol. The standard InChI is InChI=1S/C18H16NO/c20-19(16-10-4-1-5-11-16,17-12-6-2-7-13-17)18-14-8-3-9-15-18/h1-15,20H/q+1. The Morgan fingerprint density at radius 2 is 0.700 bits per heavy atom. The zero-order valence-corrected chi connectivity index (χ0v) is 11.1. The third-order valence-electron chi connectivity index (χ3n) is 3.39. The summed E-state index contributed by atoms with van der Waals surface area (Å²) in [7, 11) is 0. The lowest BCUT2D eigenvalue weighted by Gasteiger charge is -2.28. The number of quaternary nitrogens is 1. The summed E-state index contributed by atoms with van der Waals surface area (Å²) in [5, 5.41) is 11.4. The van der Waals surface area contributed by atoms with E-state index >= 15 is 0 Å². The predicted octanol–water partition coefficient (Wildman–Crippen LogP) is 5.05. The minimum Gasteiger partial charge on any atom is -0.200 e. The van der Waals surface area contributed by atoms with Crippen LogP contribution in [0.2, 0.25) is 0 Å². The molecule has 98 valence electrons. The Balaban J connectivity index is 2.24. The van der Waals surface area contributed by atoms with Gasteiger partial charge < -0.3 is 0 Å². The Labute approximate surface area is 118 Å². The minimum absolute atomic E-state index is 0.331. The van der Waals surface area contributed by atoms with Crippen molar-refractivity contribution in [2.45, 2.75) is 0 Å². The normalized spacial score (nSPS) is 11.2. The van der Waals surface area contributed by atoms with Gasteiger partial charge in [0.15, 0.2) is 17.1 Å². The lowest BCUT2D eigenvalue weighted by atomic mass is 10.2. The Bertz CT molecular complexity index is 569. The second-order valence-corrected chi connectivity index (χ2v) is 4.64. The van der Waals surface area contributed by atoms with Crippen molar-refractivity contribution in [2.24, 2.45) is 0 Å². The molecule has 0 bridgehead atoms. The van der Waals surface area contributed by atoms with Crippen LogP contribution in [0.25, 0.3) is 0 Å². The Hall–Kier alpha value is -2.42. The molecule has 0 radical (unpaired) electrons. The zero-order valence-electron chi connectivity index (χ0n) is 11.1. The van der Waals surface area contributed by atoms with Crippen molar-refractivity contribution in [1.29, 1.82) is 0 Å². The van der Waals surface area contributed by atoms with Crippen LogP contribution in [0.5, 0.6) is 0 Å². The van der Waals surface area contributed by atoms with E-state index in [1.165, 1.54) is 0 Å². The number of benzene rings is 3. The summed E-state index contributed by atoms with van der Waals surface area (Å²) < 4.78 is -0.331. The first-order valence-electron chi connectivity index (χ1n) is 6.60. The zero-order chi connectivity index (χ0) is 13.8. The van der Waals surface area contributed by atoms with E-state index in [4.69, 9.17) is 0 Å². The number of rotatable bonds is 3. The third kappa shape index (κ3) is 2.11. The molecule has 0 atom stereocenters. The van der Waals surface area contributed by atoms with Crippen LogP contribution >= 0.6 is 0 Å². The van der Waals surface area contributed by atoms with Crippen LogP contribution in [0, 0.1) is 0 Å². The minimum atomic E-state index is -0.331. The molecule has 0 aliphatic heterocycles. The number of para-hydroxylation sites is 3. The van der Waals surface area contributed by atoms with Gasteiger partial charge in [-0.05, 0) is 0 Å². The van der Waals surface area contributed by atoms with Crippen LogP contribution in [-0.4, -0.2) is 5.21 Å². The molecular formula is C18H16NO+. The second kappa shape index (κ2) is 5.29. The molecule has 0 heterocycles. The molecule has 3 rings (SSSR count). The van der Waals surface area contributed by atoms with Gasteiger partial charge in [0.05, 0.1) is 0 Å². The summed E-state index contributed by atoms with van der Waals surface area (Å²) in [5.74, 6) is 0. The van der Waals surface area contributed by atoms with Crippen molar-refractivity contribution in [2.75, 3.05) is 0 Å². The van der Waals surface area contributed by atoms with Crippen molar-refractivity contribution in [3.05, 3.63) is 91.0 Å². The Morgan fingerprint density at radius 3 is 0.950 bits per heavy atom. The summed E-state index contributed by atoms with van der Waals surface area (Å²) in [6, 6.07) is 29.0. The molecule has 0 amide bonds. The van der Waals surface area contributed by atoms with Gasteiger partial charge >= 0.3 is 0 Å². The Kier molecular flexibility index (Phi) is 3.33. The average Bonchev–Trinajstić information content (AvgIpc) is 2.56. The Morgan fingerprint density at radius 1 is 0.450 bits per heavy atom. The van der Waals surface area contributed by atoms with Crippen LogP contribution in [0.1, 0.15) is 0 Å². The van der Waals surface area contributed by atoms with Crippen LogP contribution in [-0.2, 0) is 0 Å². The van der Waals surface area contributed by atoms with Crippen molar-refractivity contribution in [3.8, 4) is 0 Å². The summed E-state index contributed by atoms with van der Waals surface area (Å²) in [5.41, 5.74) is 2.43. The van der Waals surface area contributed by atoms with Crippen molar-refractivity contribution in [3.63, 3.8) is 0 Å². The van der Waals surface area contributed by atoms with Crippen LogP contribution in [0.3, 0.4) is 0 Å². The first-order chi connectivity index (χ1) is 9.82. The number of hydrogen-bond acceptors (Lipinski definition) is 1. The van der Waals surface area contributed by atoms with E-state index < -0.39 is 0 Å². The van der Waals surface area contributed by atoms with Gasteiger partial charge in [-0.25, -0.2) is 5.21 Å². The van der Waals surface area contributed by atoms with Crippen LogP contribution in [0.15, 0.2) is 91.0 Å². The molecule has 20 heavy (non-hydrogen) atoms. The molecule has 3 aromatic rings. The molecular weight excluding hydrogens is 246 g/mol. The highest BCUT2D eigenvalue weighted by Gasteiger charge is 2.34. The number of hydrogen-bond donors (Lipinski definition) is 1. The molecule has 0 aliphatic carbocycles. The van der Waals surface area contributed by atoms with Gasteiger partial charge in [0.2, 0.25) is 0 Å². The maximum Gasteiger partial charge on any atom is 0.175 e. The molecule has 3 aromatic carbocycles. The molecule has 0 saturated heterocycles. The lowest BCUT2D eigenvalue weighted by molar-refractivity contribution is 0.0350. The third-order valence-corrected chi connectivity index (χ3v) is 3.39. The molecule has 2 nitrogen and oxygen atoms in total. The fraction of sp³-hybridized carbons (Fsp3) is 0. The van der Waals surface area contributed by atoms with Crippen molar-refractivity contribution >= 4 is 17.1 Å². The summed E-state index contributed by atoms with van der Waals surface area (Å²) in [6.07, 6.45) is 0. The van der Waals surface area contributed by atoms with E-state index in [9.17, 15) is 5.21 Å². The van der Waals surface area contributed by atoms with Crippen LogP contribution < -0.4 is 4.65 Å². The van der Waals surface area contributed by atoms with Gasteiger partial charge in [0.1, 0.15) is 0 Å². The van der Waals surface area contributed by atoms with E-state index in [-0.39, 0.29) is 4.65 Å². The van der Waals surface area contributed by atoms with Gasteiger partial charge in [-0.1, -0.05) is 59.2 Å². The van der Waals surface area contributed by atoms with E-state index in [0.29, 0.717) is 0 Å². The smallest absolute Gasteiger partial charge is 0.175 e. The fourth-order valence-electron chi connectivity index (χ4n) is 2.38. The highest BCUT2D eigenvalue weighted by atomic mass is 16.5. The quantitative estimate of drug-likeness (QED) is 0.517. The fourth-order valence-corrected chi connectivity index (χ4v) is 2.38. The molecule has 0 saturated carbocycles. The summed E-state index contributed by atoms with van der Waals surface area (Å²) in [4.78, 5) is 0. The molecule has 0 fully saturated rings. The van der Waals surface area contributed by atoms with E-state index in [1.807, 2.05) is 91.0 Å². The first kappa shape index (κ1) is 12.6. The van der Waals surface area contributed by atoms with Crippen molar-refractivity contribution < 1.29 is 5.21 Å². The topological polar surface area (TPSA) is 20.2 Å². The molecule has 2 heteroatoms. The SMILES string of the molecule is O[N+](c1ccccc1)(c1ccccc1)c1ccccc1. The van der Waals surface area contributed by atoms with Gasteiger partial charge in [-0.15, -0.1) is 0 Å². The summed E-state index contributed by atoms with van der Waals surface area (Å²) in [6.45, 7) is 0. The monoisotopic (exact) mass is 262 g/mol. The molecule has 0 spiro atoms. The van der Waals surface area contributed by atoms with Gasteiger partial charge in [0, 0.05) is 36.4 Å². The first-order valence-corrected chi connectivity index (χ1v) is 6.60. The number of nitrogens with zero attached hydrogens (tertiary/aromatic N) is 1. The maximum absolute atomic E-state index is 11.4. The maximum atomic E-state index is 11.4. The summed E-state index contributed by atoms with van der Waals surface area (Å²) >= 11 is 0. The average molecular weight is 262 g/mol. The van der Waals surface area contributed by atoms with Crippen LogP contribution in [0.4, 0.5) is 17.1 Å². The molecule has 0 unspecified atom stereocenters. The van der Waals surface area contributed by atoms with E-state index in [2.05, 4.69) is 0 Å². The molecule has 0 aliphatic rings. The highest BCUT2D eigenvalue weighted by Crippen LogP contribution is 2.40. The highest BCUT2D eigenvalue weighted by molar-refractivity contribution is 5.67. The van der Waals surface area contributed by atoms with Gasteiger partial charge in [0.25, 0.3) is 0 Å². The molecule has 0 aromatic heterocycles. The van der Waals surface area contributed by atoms with Gasteiger partial charge in [-0.2, -0.15) is 0 Å². The van der Waals surface area contributed by atoms with Gasteiger partial charge in [-0.3, -0.25) is 0 Å². The molecule has 1 N–H and O–H groups in total. The largest absolute Gasteiger partial charge is 0.200 e. The van der Waals surface area contributed by atoms with E-state index in [1.54, 1.807) is 0 Å². The van der Waals surface area contributed by atoms with E-state index in [0.717, 1.165) is 17.1 Å². The lowest BCUT2D eigenvalue weighted by Crippen LogP contribution is -2.34. The van der Waals surface area contributed by atoms with Crippen molar-refractivity contribution in [1.82, 2.24) is 4.65 Å². The second-order valence-electron chi connectivity index (χ2n) is 4.64.